The molecule has 1 N–H and O–H groups in total. The lowest BCUT2D eigenvalue weighted by Crippen LogP contribution is -2.51. The normalized spacial score (nSPS) is 14.9. The van der Waals surface area contributed by atoms with Gasteiger partial charge in [-0.25, -0.2) is 0 Å². The van der Waals surface area contributed by atoms with E-state index in [-0.39, 0.29) is 23.6 Å². The number of thioether (sulfide) groups is 1. The summed E-state index contributed by atoms with van der Waals surface area (Å²) >= 11 is 7.44. The van der Waals surface area contributed by atoms with Gasteiger partial charge < -0.3 is 10.2 Å². The van der Waals surface area contributed by atoms with Crippen LogP contribution < -0.4 is 5.32 Å². The molecule has 0 heterocycles. The van der Waals surface area contributed by atoms with E-state index < -0.39 is 6.04 Å². The average molecular weight is 459 g/mol. The van der Waals surface area contributed by atoms with Crippen LogP contribution in [0.3, 0.4) is 0 Å². The molecule has 3 rings (SSSR count). The Kier molecular flexibility index (Phi) is 8.85. The van der Waals surface area contributed by atoms with E-state index in [9.17, 15) is 9.59 Å². The summed E-state index contributed by atoms with van der Waals surface area (Å²) in [4.78, 5) is 29.2. The van der Waals surface area contributed by atoms with Crippen molar-refractivity contribution < 1.29 is 9.59 Å². The summed E-state index contributed by atoms with van der Waals surface area (Å²) in [5.74, 6) is 0.213. The van der Waals surface area contributed by atoms with Crippen molar-refractivity contribution in [2.45, 2.75) is 69.5 Å². The number of hydrogen-bond donors (Lipinski definition) is 1. The predicted octanol–water partition coefficient (Wildman–Crippen LogP) is 5.61. The van der Waals surface area contributed by atoms with E-state index in [1.807, 2.05) is 62.4 Å². The second-order valence-corrected chi connectivity index (χ2v) is 9.59. The van der Waals surface area contributed by atoms with Gasteiger partial charge in [0.2, 0.25) is 11.8 Å². The minimum absolute atomic E-state index is 0.0309. The fourth-order valence-corrected chi connectivity index (χ4v) is 4.93. The third-order valence-electron chi connectivity index (χ3n) is 5.87. The van der Waals surface area contributed by atoms with E-state index in [1.54, 1.807) is 4.90 Å². The van der Waals surface area contributed by atoms with Gasteiger partial charge in [0.1, 0.15) is 6.04 Å². The third kappa shape index (κ3) is 6.75. The Morgan fingerprint density at radius 3 is 2.45 bits per heavy atom. The van der Waals surface area contributed by atoms with Crippen molar-refractivity contribution in [3.8, 4) is 0 Å². The number of aryl methyl sites for hydroxylation is 1. The molecule has 0 unspecified atom stereocenters. The highest BCUT2D eigenvalue weighted by atomic mass is 35.5. The smallest absolute Gasteiger partial charge is 0.243 e. The van der Waals surface area contributed by atoms with Gasteiger partial charge in [-0.3, -0.25) is 9.59 Å². The topological polar surface area (TPSA) is 49.4 Å². The summed E-state index contributed by atoms with van der Waals surface area (Å²) in [6, 6.07) is 15.3. The van der Waals surface area contributed by atoms with Crippen LogP contribution in [0.5, 0.6) is 0 Å². The standard InChI is InChI=1S/C25H31ClN2O2S/c1-3-23(25(30)27-21-10-6-7-11-21)28(16-19-9-5-4-8-18(19)2)24(29)17-31-22-14-12-20(26)13-15-22/h4-5,8-9,12-15,21,23H,3,6-7,10-11,16-17H2,1-2H3,(H,27,30)/t23-/m1/s1. The molecule has 1 aliphatic rings. The Morgan fingerprint density at radius 2 is 1.81 bits per heavy atom. The lowest BCUT2D eigenvalue weighted by Gasteiger charge is -2.32. The summed E-state index contributed by atoms with van der Waals surface area (Å²) in [6.07, 6.45) is 4.96. The van der Waals surface area contributed by atoms with Crippen LogP contribution in [0.2, 0.25) is 5.02 Å². The van der Waals surface area contributed by atoms with Crippen LogP contribution in [0.4, 0.5) is 0 Å². The highest BCUT2D eigenvalue weighted by molar-refractivity contribution is 8.00. The molecule has 6 heteroatoms. The number of nitrogens with zero attached hydrogens (tertiary/aromatic N) is 1. The maximum atomic E-state index is 13.3. The van der Waals surface area contributed by atoms with Gasteiger partial charge >= 0.3 is 0 Å². The number of benzene rings is 2. The van der Waals surface area contributed by atoms with Crippen LogP contribution >= 0.6 is 23.4 Å². The van der Waals surface area contributed by atoms with Crippen LogP contribution in [0.25, 0.3) is 0 Å². The van der Waals surface area contributed by atoms with Crippen molar-refractivity contribution in [1.82, 2.24) is 10.2 Å². The first kappa shape index (κ1) is 23.7. The average Bonchev–Trinajstić information content (AvgIpc) is 3.27. The summed E-state index contributed by atoms with van der Waals surface area (Å²) in [5, 5.41) is 3.86. The van der Waals surface area contributed by atoms with Crippen molar-refractivity contribution in [3.05, 3.63) is 64.7 Å². The minimum Gasteiger partial charge on any atom is -0.352 e. The molecular weight excluding hydrogens is 428 g/mol. The first-order chi connectivity index (χ1) is 15.0. The van der Waals surface area contributed by atoms with Crippen molar-refractivity contribution in [3.63, 3.8) is 0 Å². The molecular formula is C25H31ClN2O2S. The van der Waals surface area contributed by atoms with E-state index in [0.717, 1.165) is 41.7 Å². The van der Waals surface area contributed by atoms with Crippen molar-refractivity contribution in [1.29, 1.82) is 0 Å². The zero-order valence-electron chi connectivity index (χ0n) is 18.3. The Morgan fingerprint density at radius 1 is 1.13 bits per heavy atom. The van der Waals surface area contributed by atoms with Gasteiger partial charge in [-0.2, -0.15) is 0 Å². The second kappa shape index (κ2) is 11.6. The summed E-state index contributed by atoms with van der Waals surface area (Å²) < 4.78 is 0. The molecule has 1 saturated carbocycles. The van der Waals surface area contributed by atoms with E-state index in [1.165, 1.54) is 11.8 Å². The molecule has 0 radical (unpaired) electrons. The number of carbonyl (C=O) groups is 2. The molecule has 2 amide bonds. The van der Waals surface area contributed by atoms with Crippen LogP contribution in [-0.4, -0.2) is 34.6 Å². The predicted molar refractivity (Wildman–Crippen MR) is 128 cm³/mol. The van der Waals surface area contributed by atoms with Crippen molar-refractivity contribution in [2.24, 2.45) is 0 Å². The Bertz CT molecular complexity index is 881. The van der Waals surface area contributed by atoms with E-state index >= 15 is 0 Å². The van der Waals surface area contributed by atoms with Gasteiger partial charge in [-0.1, -0.05) is 55.6 Å². The van der Waals surface area contributed by atoms with Crippen molar-refractivity contribution >= 4 is 35.2 Å². The number of amides is 2. The van der Waals surface area contributed by atoms with E-state index in [4.69, 9.17) is 11.6 Å². The molecule has 0 aliphatic heterocycles. The first-order valence-corrected chi connectivity index (χ1v) is 12.4. The van der Waals surface area contributed by atoms with Gasteiger partial charge in [-0.05, 0) is 61.6 Å². The fraction of sp³-hybridized carbons (Fsp3) is 0.440. The molecule has 1 atom stereocenters. The van der Waals surface area contributed by atoms with E-state index in [0.29, 0.717) is 18.0 Å². The minimum atomic E-state index is -0.474. The Balaban J connectivity index is 1.76. The lowest BCUT2D eigenvalue weighted by molar-refractivity contribution is -0.139. The molecule has 166 valence electrons. The molecule has 0 spiro atoms. The first-order valence-electron chi connectivity index (χ1n) is 11.0. The SMILES string of the molecule is CC[C@H](C(=O)NC1CCCC1)N(Cc1ccccc1C)C(=O)CSc1ccc(Cl)cc1. The number of rotatable bonds is 9. The van der Waals surface area contributed by atoms with E-state index in [2.05, 4.69) is 5.32 Å². The second-order valence-electron chi connectivity index (χ2n) is 8.10. The monoisotopic (exact) mass is 458 g/mol. The molecule has 0 aromatic heterocycles. The Labute approximate surface area is 194 Å². The molecule has 1 aliphatic carbocycles. The fourth-order valence-electron chi connectivity index (χ4n) is 4.02. The lowest BCUT2D eigenvalue weighted by atomic mass is 10.1. The molecule has 2 aromatic carbocycles. The summed E-state index contributed by atoms with van der Waals surface area (Å²) in [6.45, 7) is 4.45. The highest BCUT2D eigenvalue weighted by Gasteiger charge is 2.30. The van der Waals surface area contributed by atoms with Crippen LogP contribution in [0, 0.1) is 6.92 Å². The number of hydrogen-bond acceptors (Lipinski definition) is 3. The quantitative estimate of drug-likeness (QED) is 0.497. The number of halogens is 1. The zero-order chi connectivity index (χ0) is 22.2. The molecule has 2 aromatic rings. The maximum absolute atomic E-state index is 13.3. The maximum Gasteiger partial charge on any atom is 0.243 e. The van der Waals surface area contributed by atoms with Crippen LogP contribution in [0.15, 0.2) is 53.4 Å². The number of nitrogens with one attached hydrogen (secondary N) is 1. The summed E-state index contributed by atoms with van der Waals surface area (Å²) in [7, 11) is 0. The third-order valence-corrected chi connectivity index (χ3v) is 7.11. The van der Waals surface area contributed by atoms with Crippen LogP contribution in [-0.2, 0) is 16.1 Å². The molecule has 0 bridgehead atoms. The molecule has 0 saturated heterocycles. The molecule has 31 heavy (non-hydrogen) atoms. The molecule has 4 nitrogen and oxygen atoms in total. The molecule has 1 fully saturated rings. The largest absolute Gasteiger partial charge is 0.352 e. The highest BCUT2D eigenvalue weighted by Crippen LogP contribution is 2.23. The van der Waals surface area contributed by atoms with Gasteiger partial charge in [-0.15, -0.1) is 11.8 Å². The van der Waals surface area contributed by atoms with Gasteiger partial charge in [0.15, 0.2) is 0 Å². The van der Waals surface area contributed by atoms with Crippen molar-refractivity contribution in [2.75, 3.05) is 5.75 Å². The Hall–Kier alpha value is -1.98. The van der Waals surface area contributed by atoms with Gasteiger partial charge in [0, 0.05) is 22.5 Å². The zero-order valence-corrected chi connectivity index (χ0v) is 19.8. The summed E-state index contributed by atoms with van der Waals surface area (Å²) in [5.41, 5.74) is 2.19. The number of carbonyl (C=O) groups excluding carboxylic acids is 2. The van der Waals surface area contributed by atoms with Gasteiger partial charge in [0.25, 0.3) is 0 Å². The van der Waals surface area contributed by atoms with Crippen LogP contribution in [0.1, 0.15) is 50.2 Å². The van der Waals surface area contributed by atoms with Gasteiger partial charge in [0.05, 0.1) is 5.75 Å².